The largest absolute Gasteiger partial charge is 0.339 e. The molecule has 4 rings (SSSR count). The van der Waals surface area contributed by atoms with Crippen LogP contribution in [0.2, 0.25) is 0 Å². The van der Waals surface area contributed by atoms with Crippen molar-refractivity contribution in [3.05, 3.63) is 54.4 Å². The Bertz CT molecular complexity index is 830. The fourth-order valence-electron chi connectivity index (χ4n) is 4.00. The Morgan fingerprint density at radius 3 is 2.56 bits per heavy atom. The SMILES string of the molecule is CSc1ccc(NC(=O)[C@@H]2CC23CCN(C(=O)c2cccnc2)CC3)cc1. The number of carbonyl (C=O) groups excluding carboxylic acids is 2. The highest BCUT2D eigenvalue weighted by atomic mass is 32.2. The second-order valence-corrected chi connectivity index (χ2v) is 8.25. The van der Waals surface area contributed by atoms with Crippen molar-refractivity contribution in [1.29, 1.82) is 0 Å². The number of pyridine rings is 1. The van der Waals surface area contributed by atoms with Crippen LogP contribution in [0.5, 0.6) is 0 Å². The van der Waals surface area contributed by atoms with Crippen LogP contribution in [0.15, 0.2) is 53.7 Å². The number of benzene rings is 1. The minimum atomic E-state index is 0.0356. The first kappa shape index (κ1) is 18.0. The fourth-order valence-corrected chi connectivity index (χ4v) is 4.41. The van der Waals surface area contributed by atoms with Crippen molar-refractivity contribution in [2.45, 2.75) is 24.2 Å². The number of thioether (sulfide) groups is 1. The first-order valence-electron chi connectivity index (χ1n) is 9.25. The van der Waals surface area contributed by atoms with E-state index in [1.807, 2.05) is 35.4 Å². The van der Waals surface area contributed by atoms with E-state index in [2.05, 4.69) is 10.3 Å². The quantitative estimate of drug-likeness (QED) is 0.821. The van der Waals surface area contributed by atoms with E-state index in [1.165, 1.54) is 4.90 Å². The van der Waals surface area contributed by atoms with Crippen LogP contribution in [0.4, 0.5) is 5.69 Å². The van der Waals surface area contributed by atoms with E-state index in [0.29, 0.717) is 18.7 Å². The zero-order chi connectivity index (χ0) is 18.9. The van der Waals surface area contributed by atoms with E-state index in [9.17, 15) is 9.59 Å². The van der Waals surface area contributed by atoms with Crippen LogP contribution in [0.1, 0.15) is 29.6 Å². The van der Waals surface area contributed by atoms with Crippen LogP contribution in [0.25, 0.3) is 0 Å². The van der Waals surface area contributed by atoms with E-state index < -0.39 is 0 Å². The van der Waals surface area contributed by atoms with Gasteiger partial charge in [0, 0.05) is 42.0 Å². The van der Waals surface area contributed by atoms with Crippen LogP contribution in [-0.4, -0.2) is 41.0 Å². The minimum Gasteiger partial charge on any atom is -0.339 e. The zero-order valence-corrected chi connectivity index (χ0v) is 16.2. The van der Waals surface area contributed by atoms with Gasteiger partial charge in [-0.05, 0) is 67.3 Å². The molecule has 2 fully saturated rings. The van der Waals surface area contributed by atoms with Gasteiger partial charge in [0.05, 0.1) is 5.56 Å². The maximum absolute atomic E-state index is 12.6. The number of likely N-dealkylation sites (tertiary alicyclic amines) is 1. The van der Waals surface area contributed by atoms with E-state index in [4.69, 9.17) is 0 Å². The summed E-state index contributed by atoms with van der Waals surface area (Å²) in [5.74, 6) is 0.209. The molecule has 5 nitrogen and oxygen atoms in total. The predicted molar refractivity (Wildman–Crippen MR) is 107 cm³/mol. The number of nitrogens with zero attached hydrogens (tertiary/aromatic N) is 2. The van der Waals surface area contributed by atoms with Gasteiger partial charge in [0.25, 0.3) is 5.91 Å². The van der Waals surface area contributed by atoms with Crippen LogP contribution in [0, 0.1) is 11.3 Å². The molecule has 2 amide bonds. The monoisotopic (exact) mass is 381 g/mol. The number of anilines is 1. The summed E-state index contributed by atoms with van der Waals surface area (Å²) in [6, 6.07) is 11.5. The average Bonchev–Trinajstić information content (AvgIpc) is 3.42. The molecule has 2 aromatic rings. The minimum absolute atomic E-state index is 0.0356. The fraction of sp³-hybridized carbons (Fsp3) is 0.381. The summed E-state index contributed by atoms with van der Waals surface area (Å²) < 4.78 is 0. The van der Waals surface area contributed by atoms with Gasteiger partial charge in [0.2, 0.25) is 5.91 Å². The van der Waals surface area contributed by atoms with Crippen molar-refractivity contribution < 1.29 is 9.59 Å². The van der Waals surface area contributed by atoms with Crippen molar-refractivity contribution >= 4 is 29.3 Å². The maximum atomic E-state index is 12.6. The van der Waals surface area contributed by atoms with Crippen LogP contribution < -0.4 is 5.32 Å². The molecule has 1 atom stereocenters. The van der Waals surface area contributed by atoms with E-state index in [1.54, 1.807) is 36.3 Å². The number of carbonyl (C=O) groups is 2. The number of rotatable bonds is 4. The summed E-state index contributed by atoms with van der Waals surface area (Å²) in [6.07, 6.45) is 8.03. The molecule has 2 heterocycles. The molecule has 1 N–H and O–H groups in total. The molecule has 1 saturated carbocycles. The summed E-state index contributed by atoms with van der Waals surface area (Å²) in [5, 5.41) is 3.05. The van der Waals surface area contributed by atoms with E-state index >= 15 is 0 Å². The number of aromatic nitrogens is 1. The van der Waals surface area contributed by atoms with Crippen molar-refractivity contribution in [2.75, 3.05) is 24.7 Å². The Morgan fingerprint density at radius 2 is 1.93 bits per heavy atom. The van der Waals surface area contributed by atoms with Crippen LogP contribution in [0.3, 0.4) is 0 Å². The van der Waals surface area contributed by atoms with Crippen molar-refractivity contribution in [2.24, 2.45) is 11.3 Å². The third-order valence-electron chi connectivity index (χ3n) is 5.82. The second-order valence-electron chi connectivity index (χ2n) is 7.37. The lowest BCUT2D eigenvalue weighted by Crippen LogP contribution is -2.40. The Balaban J connectivity index is 1.32. The zero-order valence-electron chi connectivity index (χ0n) is 15.4. The lowest BCUT2D eigenvalue weighted by atomic mass is 9.90. The molecular weight excluding hydrogens is 358 g/mol. The molecule has 1 saturated heterocycles. The highest BCUT2D eigenvalue weighted by Gasteiger charge is 2.58. The normalized spacial score (nSPS) is 20.3. The van der Waals surface area contributed by atoms with Gasteiger partial charge in [-0.25, -0.2) is 0 Å². The molecule has 1 aromatic carbocycles. The Labute approximate surface area is 163 Å². The summed E-state index contributed by atoms with van der Waals surface area (Å²) in [4.78, 5) is 32.3. The molecule has 1 spiro atoms. The molecule has 1 aliphatic carbocycles. The number of nitrogens with one attached hydrogen (secondary N) is 1. The number of hydrogen-bond donors (Lipinski definition) is 1. The highest BCUT2D eigenvalue weighted by Crippen LogP contribution is 2.59. The standard InChI is InChI=1S/C21H23N3O2S/c1-27-17-6-4-16(5-7-17)23-19(25)18-13-21(18)8-11-24(12-9-21)20(26)15-3-2-10-22-14-15/h2-7,10,14,18H,8-9,11-13H2,1H3,(H,23,25)/t18-/m0/s1. The summed E-state index contributed by atoms with van der Waals surface area (Å²) in [6.45, 7) is 1.42. The second kappa shape index (κ2) is 7.35. The number of piperidine rings is 1. The molecule has 0 radical (unpaired) electrons. The first-order chi connectivity index (χ1) is 13.1. The number of amides is 2. The maximum Gasteiger partial charge on any atom is 0.255 e. The van der Waals surface area contributed by atoms with Crippen molar-refractivity contribution in [3.63, 3.8) is 0 Å². The Kier molecular flexibility index (Phi) is 4.91. The van der Waals surface area contributed by atoms with Gasteiger partial charge in [-0.3, -0.25) is 14.6 Å². The molecule has 2 aliphatic rings. The Morgan fingerprint density at radius 1 is 1.19 bits per heavy atom. The summed E-state index contributed by atoms with van der Waals surface area (Å²) in [5.41, 5.74) is 1.56. The van der Waals surface area contributed by atoms with E-state index in [0.717, 1.165) is 24.9 Å². The summed E-state index contributed by atoms with van der Waals surface area (Å²) in [7, 11) is 0. The molecule has 0 unspecified atom stereocenters. The van der Waals surface area contributed by atoms with Gasteiger partial charge in [-0.2, -0.15) is 0 Å². The lowest BCUT2D eigenvalue weighted by molar-refractivity contribution is -0.118. The molecule has 1 aliphatic heterocycles. The van der Waals surface area contributed by atoms with Crippen LogP contribution in [-0.2, 0) is 4.79 Å². The highest BCUT2D eigenvalue weighted by molar-refractivity contribution is 7.98. The third-order valence-corrected chi connectivity index (χ3v) is 6.56. The van der Waals surface area contributed by atoms with Gasteiger partial charge in [-0.15, -0.1) is 11.8 Å². The van der Waals surface area contributed by atoms with Crippen molar-refractivity contribution in [1.82, 2.24) is 9.88 Å². The molecule has 0 bridgehead atoms. The van der Waals surface area contributed by atoms with Gasteiger partial charge < -0.3 is 10.2 Å². The van der Waals surface area contributed by atoms with Gasteiger partial charge in [0.1, 0.15) is 0 Å². The van der Waals surface area contributed by atoms with Crippen LogP contribution >= 0.6 is 11.8 Å². The first-order valence-corrected chi connectivity index (χ1v) is 10.5. The smallest absolute Gasteiger partial charge is 0.255 e. The molecule has 1 aromatic heterocycles. The molecule has 6 heteroatoms. The predicted octanol–water partition coefficient (Wildman–Crippen LogP) is 3.68. The average molecular weight is 382 g/mol. The molecular formula is C21H23N3O2S. The third kappa shape index (κ3) is 3.72. The molecule has 140 valence electrons. The summed E-state index contributed by atoms with van der Waals surface area (Å²) >= 11 is 1.68. The number of hydrogen-bond acceptors (Lipinski definition) is 4. The molecule has 27 heavy (non-hydrogen) atoms. The topological polar surface area (TPSA) is 62.3 Å². The lowest BCUT2D eigenvalue weighted by Gasteiger charge is -2.32. The van der Waals surface area contributed by atoms with Gasteiger partial charge in [0.15, 0.2) is 0 Å². The van der Waals surface area contributed by atoms with Crippen molar-refractivity contribution in [3.8, 4) is 0 Å². The van der Waals surface area contributed by atoms with Gasteiger partial charge in [-0.1, -0.05) is 0 Å². The Hall–Kier alpha value is -2.34. The van der Waals surface area contributed by atoms with E-state index in [-0.39, 0.29) is 23.1 Å². The van der Waals surface area contributed by atoms with Gasteiger partial charge >= 0.3 is 0 Å².